The van der Waals surface area contributed by atoms with Crippen LogP contribution in [0.4, 0.5) is 0 Å². The van der Waals surface area contributed by atoms with E-state index in [0.29, 0.717) is 0 Å². The van der Waals surface area contributed by atoms with Crippen molar-refractivity contribution in [3.8, 4) is 0 Å². The van der Waals surface area contributed by atoms with E-state index in [9.17, 15) is 0 Å². The van der Waals surface area contributed by atoms with Gasteiger partial charge in [0.2, 0.25) is 0 Å². The minimum atomic E-state index is 0.720. The average Bonchev–Trinajstić information content (AvgIpc) is 2.28. The van der Waals surface area contributed by atoms with Crippen LogP contribution in [0.5, 0.6) is 0 Å². The largest absolute Gasteiger partial charge is 0.316 e. The Balaban J connectivity index is 3.40. The van der Waals surface area contributed by atoms with E-state index in [1.165, 1.54) is 38.1 Å². The third-order valence-electron chi connectivity index (χ3n) is 3.14. The Morgan fingerprint density at radius 2 is 1.88 bits per heavy atom. The lowest BCUT2D eigenvalue weighted by molar-refractivity contribution is 0.243. The molecule has 1 atom stereocenters. The molecule has 0 aromatic carbocycles. The van der Waals surface area contributed by atoms with E-state index in [1.54, 1.807) is 0 Å². The van der Waals surface area contributed by atoms with Crippen molar-refractivity contribution in [3.63, 3.8) is 0 Å². The van der Waals surface area contributed by atoms with Gasteiger partial charge in [-0.1, -0.05) is 13.8 Å². The molecule has 1 N–H and O–H groups in total. The zero-order chi connectivity index (χ0) is 13.1. The molecule has 0 rings (SSSR count). The van der Waals surface area contributed by atoms with Crippen molar-refractivity contribution in [3.05, 3.63) is 0 Å². The number of rotatable bonds is 11. The number of hydrogen-bond donors (Lipinski definition) is 1. The Morgan fingerprint density at radius 3 is 2.47 bits per heavy atom. The summed E-state index contributed by atoms with van der Waals surface area (Å²) in [7, 11) is 2.26. The molecule has 0 aliphatic heterocycles. The van der Waals surface area contributed by atoms with E-state index in [1.807, 2.05) is 11.8 Å². The summed E-state index contributed by atoms with van der Waals surface area (Å²) in [5.41, 5.74) is 0. The first-order valence-electron chi connectivity index (χ1n) is 6.97. The highest BCUT2D eigenvalue weighted by Gasteiger charge is 2.07. The second kappa shape index (κ2) is 11.4. The van der Waals surface area contributed by atoms with Crippen LogP contribution in [0.15, 0.2) is 0 Å². The highest BCUT2D eigenvalue weighted by atomic mass is 32.2. The van der Waals surface area contributed by atoms with Gasteiger partial charge >= 0.3 is 0 Å². The van der Waals surface area contributed by atoms with Crippen molar-refractivity contribution in [1.82, 2.24) is 10.2 Å². The first-order chi connectivity index (χ1) is 8.07. The highest BCUT2D eigenvalue weighted by molar-refractivity contribution is 7.98. The van der Waals surface area contributed by atoms with Crippen LogP contribution < -0.4 is 5.32 Å². The smallest absolute Gasteiger partial charge is 0.00643 e. The second-order valence-corrected chi connectivity index (χ2v) is 6.40. The van der Waals surface area contributed by atoms with Crippen molar-refractivity contribution in [2.45, 2.75) is 46.1 Å². The number of nitrogens with one attached hydrogen (secondary N) is 1. The van der Waals surface area contributed by atoms with Crippen molar-refractivity contribution in [1.29, 1.82) is 0 Å². The fourth-order valence-electron chi connectivity index (χ4n) is 1.81. The van der Waals surface area contributed by atoms with Crippen LogP contribution in [0.3, 0.4) is 0 Å². The molecule has 0 fully saturated rings. The standard InChI is InChI=1S/C14H32N2S/c1-13(2)12-15-9-6-8-14(3)16(4)10-7-11-17-5/h13-15H,6-12H2,1-5H3. The second-order valence-electron chi connectivity index (χ2n) is 5.42. The molecule has 3 heteroatoms. The van der Waals surface area contributed by atoms with Gasteiger partial charge in [-0.2, -0.15) is 11.8 Å². The van der Waals surface area contributed by atoms with Crippen LogP contribution in [0.1, 0.15) is 40.0 Å². The molecule has 0 spiro atoms. The fourth-order valence-corrected chi connectivity index (χ4v) is 2.23. The summed E-state index contributed by atoms with van der Waals surface area (Å²) < 4.78 is 0. The van der Waals surface area contributed by atoms with E-state index in [2.05, 4.69) is 44.3 Å². The summed E-state index contributed by atoms with van der Waals surface area (Å²) in [4.78, 5) is 2.50. The number of nitrogens with zero attached hydrogens (tertiary/aromatic N) is 1. The van der Waals surface area contributed by atoms with E-state index in [-0.39, 0.29) is 0 Å². The first kappa shape index (κ1) is 17.3. The molecule has 104 valence electrons. The fraction of sp³-hybridized carbons (Fsp3) is 1.00. The minimum absolute atomic E-state index is 0.720. The summed E-state index contributed by atoms with van der Waals surface area (Å²) in [6.07, 6.45) is 6.10. The maximum atomic E-state index is 3.51. The van der Waals surface area contributed by atoms with Gasteiger partial charge in [0.15, 0.2) is 0 Å². The minimum Gasteiger partial charge on any atom is -0.316 e. The van der Waals surface area contributed by atoms with E-state index in [0.717, 1.165) is 18.5 Å². The lowest BCUT2D eigenvalue weighted by Crippen LogP contribution is -2.31. The molecule has 0 aromatic heterocycles. The van der Waals surface area contributed by atoms with Crippen LogP contribution >= 0.6 is 11.8 Å². The maximum Gasteiger partial charge on any atom is 0.00643 e. The lowest BCUT2D eigenvalue weighted by atomic mass is 10.1. The van der Waals surface area contributed by atoms with Crippen molar-refractivity contribution < 1.29 is 0 Å². The molecule has 0 aliphatic rings. The van der Waals surface area contributed by atoms with Gasteiger partial charge in [0.05, 0.1) is 0 Å². The van der Waals surface area contributed by atoms with E-state index < -0.39 is 0 Å². The van der Waals surface area contributed by atoms with Crippen molar-refractivity contribution in [2.75, 3.05) is 38.7 Å². The van der Waals surface area contributed by atoms with Crippen LogP contribution in [-0.2, 0) is 0 Å². The Kier molecular flexibility index (Phi) is 11.5. The molecule has 0 bridgehead atoms. The molecule has 2 nitrogen and oxygen atoms in total. The van der Waals surface area contributed by atoms with Crippen LogP contribution in [0, 0.1) is 5.92 Å². The molecule has 0 saturated heterocycles. The molecular formula is C14H32N2S. The lowest BCUT2D eigenvalue weighted by Gasteiger charge is -2.24. The van der Waals surface area contributed by atoms with Crippen molar-refractivity contribution in [2.24, 2.45) is 5.92 Å². The number of thioether (sulfide) groups is 1. The van der Waals surface area contributed by atoms with Crippen LogP contribution in [0.25, 0.3) is 0 Å². The molecule has 17 heavy (non-hydrogen) atoms. The summed E-state index contributed by atoms with van der Waals surface area (Å²) >= 11 is 1.95. The van der Waals surface area contributed by atoms with Gasteiger partial charge < -0.3 is 10.2 Å². The van der Waals surface area contributed by atoms with E-state index in [4.69, 9.17) is 0 Å². The molecular weight excluding hydrogens is 228 g/mol. The molecule has 0 aliphatic carbocycles. The third kappa shape index (κ3) is 11.1. The predicted octanol–water partition coefficient (Wildman–Crippen LogP) is 3.09. The van der Waals surface area contributed by atoms with Crippen LogP contribution in [-0.4, -0.2) is 49.6 Å². The summed E-state index contributed by atoms with van der Waals surface area (Å²) in [5.74, 6) is 2.05. The molecule has 0 heterocycles. The van der Waals surface area contributed by atoms with Crippen molar-refractivity contribution >= 4 is 11.8 Å². The van der Waals surface area contributed by atoms with Crippen LogP contribution in [0.2, 0.25) is 0 Å². The van der Waals surface area contributed by atoms with Gasteiger partial charge in [0.1, 0.15) is 0 Å². The maximum absolute atomic E-state index is 3.51. The predicted molar refractivity (Wildman–Crippen MR) is 82.0 cm³/mol. The topological polar surface area (TPSA) is 15.3 Å². The molecule has 0 radical (unpaired) electrons. The third-order valence-corrected chi connectivity index (χ3v) is 3.84. The van der Waals surface area contributed by atoms with E-state index >= 15 is 0 Å². The normalized spacial score (nSPS) is 13.6. The molecule has 0 amide bonds. The quantitative estimate of drug-likeness (QED) is 0.575. The Labute approximate surface area is 113 Å². The monoisotopic (exact) mass is 260 g/mol. The van der Waals surface area contributed by atoms with Gasteiger partial charge in [0.25, 0.3) is 0 Å². The molecule has 0 aromatic rings. The summed E-state index contributed by atoms with van der Waals surface area (Å²) in [6, 6.07) is 0.720. The van der Waals surface area contributed by atoms with Gasteiger partial charge in [0, 0.05) is 6.04 Å². The van der Waals surface area contributed by atoms with Gasteiger partial charge in [-0.15, -0.1) is 0 Å². The average molecular weight is 260 g/mol. The molecule has 1 unspecified atom stereocenters. The zero-order valence-electron chi connectivity index (χ0n) is 12.5. The summed E-state index contributed by atoms with van der Waals surface area (Å²) in [5, 5.41) is 3.51. The first-order valence-corrected chi connectivity index (χ1v) is 8.37. The highest BCUT2D eigenvalue weighted by Crippen LogP contribution is 2.06. The SMILES string of the molecule is CSCCCN(C)C(C)CCCNCC(C)C. The summed E-state index contributed by atoms with van der Waals surface area (Å²) in [6.45, 7) is 10.4. The molecule has 0 saturated carbocycles. The number of hydrogen-bond acceptors (Lipinski definition) is 3. The van der Waals surface area contributed by atoms with Gasteiger partial charge in [-0.3, -0.25) is 0 Å². The van der Waals surface area contributed by atoms with Gasteiger partial charge in [-0.05, 0) is 70.8 Å². The Morgan fingerprint density at radius 1 is 1.18 bits per heavy atom. The zero-order valence-corrected chi connectivity index (χ0v) is 13.3. The Hall–Kier alpha value is 0.270. The van der Waals surface area contributed by atoms with Gasteiger partial charge in [-0.25, -0.2) is 0 Å². The Bertz CT molecular complexity index is 162.